The van der Waals surface area contributed by atoms with Crippen LogP contribution in [0.15, 0.2) is 39.4 Å². The molecule has 0 aliphatic heterocycles. The SMILES string of the molecule is Cc1nn(Cc2cccc(C(=O)N(C)Cc3c(Br)cnn3C)c2)c(C)c1Br. The number of aryl methyl sites for hydroxylation is 2. The highest BCUT2D eigenvalue weighted by molar-refractivity contribution is 9.10. The van der Waals surface area contributed by atoms with Gasteiger partial charge in [0.2, 0.25) is 0 Å². The van der Waals surface area contributed by atoms with Crippen LogP contribution in [-0.2, 0) is 20.1 Å². The standard InChI is InChI=1S/C19H21Br2N5O/c1-12-18(21)13(2)26(23-12)10-14-6-5-7-15(8-14)19(27)24(3)11-17-16(20)9-22-25(17)4/h5-9H,10-11H2,1-4H3. The average Bonchev–Trinajstić information content (AvgIpc) is 3.09. The van der Waals surface area contributed by atoms with Crippen LogP contribution in [0.4, 0.5) is 0 Å². The number of rotatable bonds is 5. The van der Waals surface area contributed by atoms with E-state index in [0.717, 1.165) is 31.6 Å². The molecule has 142 valence electrons. The molecule has 0 bridgehead atoms. The third-order valence-corrected chi connectivity index (χ3v) is 6.35. The van der Waals surface area contributed by atoms with E-state index in [0.29, 0.717) is 18.7 Å². The molecular formula is C19H21Br2N5O. The number of benzene rings is 1. The zero-order valence-corrected chi connectivity index (χ0v) is 18.9. The summed E-state index contributed by atoms with van der Waals surface area (Å²) in [7, 11) is 3.66. The van der Waals surface area contributed by atoms with E-state index in [9.17, 15) is 4.79 Å². The van der Waals surface area contributed by atoms with Crippen molar-refractivity contribution < 1.29 is 4.79 Å². The Morgan fingerprint density at radius 3 is 2.59 bits per heavy atom. The van der Waals surface area contributed by atoms with Crippen molar-refractivity contribution in [3.8, 4) is 0 Å². The van der Waals surface area contributed by atoms with Gasteiger partial charge in [0.25, 0.3) is 5.91 Å². The number of halogens is 2. The van der Waals surface area contributed by atoms with Crippen LogP contribution < -0.4 is 0 Å². The molecule has 0 N–H and O–H groups in total. The monoisotopic (exact) mass is 493 g/mol. The first-order chi connectivity index (χ1) is 12.8. The van der Waals surface area contributed by atoms with Crippen molar-refractivity contribution in [1.82, 2.24) is 24.5 Å². The first kappa shape index (κ1) is 19.8. The largest absolute Gasteiger partial charge is 0.336 e. The maximum Gasteiger partial charge on any atom is 0.253 e. The minimum absolute atomic E-state index is 0.0282. The topological polar surface area (TPSA) is 56.0 Å². The number of hydrogen-bond acceptors (Lipinski definition) is 3. The number of amides is 1. The van der Waals surface area contributed by atoms with E-state index < -0.39 is 0 Å². The fourth-order valence-electron chi connectivity index (χ4n) is 2.94. The third kappa shape index (κ3) is 4.16. The minimum atomic E-state index is -0.0282. The van der Waals surface area contributed by atoms with Crippen molar-refractivity contribution in [2.45, 2.75) is 26.9 Å². The molecule has 3 aromatic rings. The maximum absolute atomic E-state index is 12.9. The molecule has 27 heavy (non-hydrogen) atoms. The van der Waals surface area contributed by atoms with E-state index >= 15 is 0 Å². The van der Waals surface area contributed by atoms with Gasteiger partial charge in [0.1, 0.15) is 0 Å². The Hall–Kier alpha value is -1.93. The van der Waals surface area contributed by atoms with E-state index in [1.807, 2.05) is 49.8 Å². The number of hydrogen-bond donors (Lipinski definition) is 0. The van der Waals surface area contributed by atoms with Gasteiger partial charge < -0.3 is 4.90 Å². The summed E-state index contributed by atoms with van der Waals surface area (Å²) in [5, 5.41) is 8.74. The predicted octanol–water partition coefficient (Wildman–Crippen LogP) is 4.08. The van der Waals surface area contributed by atoms with Gasteiger partial charge >= 0.3 is 0 Å². The molecule has 0 aliphatic carbocycles. The molecule has 0 unspecified atom stereocenters. The molecule has 3 rings (SSSR count). The summed E-state index contributed by atoms with van der Waals surface area (Å²) in [4.78, 5) is 14.6. The number of carbonyl (C=O) groups is 1. The normalized spacial score (nSPS) is 11.0. The Morgan fingerprint density at radius 2 is 2.00 bits per heavy atom. The van der Waals surface area contributed by atoms with Gasteiger partial charge in [-0.2, -0.15) is 10.2 Å². The average molecular weight is 495 g/mol. The van der Waals surface area contributed by atoms with E-state index in [2.05, 4.69) is 42.1 Å². The molecule has 2 aromatic heterocycles. The van der Waals surface area contributed by atoms with Crippen LogP contribution in [0.25, 0.3) is 0 Å². The Bertz CT molecular complexity index is 973. The van der Waals surface area contributed by atoms with Crippen molar-refractivity contribution in [3.05, 3.63) is 67.6 Å². The summed E-state index contributed by atoms with van der Waals surface area (Å²) >= 11 is 7.03. The second-order valence-corrected chi connectivity index (χ2v) is 8.21. The number of carbonyl (C=O) groups excluding carboxylic acids is 1. The Morgan fingerprint density at radius 1 is 1.26 bits per heavy atom. The van der Waals surface area contributed by atoms with Gasteiger partial charge in [0.05, 0.1) is 45.3 Å². The van der Waals surface area contributed by atoms with Crippen LogP contribution in [0.5, 0.6) is 0 Å². The fourth-order valence-corrected chi connectivity index (χ4v) is 3.69. The lowest BCUT2D eigenvalue weighted by molar-refractivity contribution is 0.0781. The molecule has 0 saturated heterocycles. The van der Waals surface area contributed by atoms with Gasteiger partial charge in [-0.3, -0.25) is 14.2 Å². The third-order valence-electron chi connectivity index (χ3n) is 4.54. The summed E-state index contributed by atoms with van der Waals surface area (Å²) in [5.74, 6) is -0.0282. The first-order valence-electron chi connectivity index (χ1n) is 8.48. The highest BCUT2D eigenvalue weighted by Crippen LogP contribution is 2.21. The van der Waals surface area contributed by atoms with Crippen molar-refractivity contribution in [3.63, 3.8) is 0 Å². The van der Waals surface area contributed by atoms with E-state index in [-0.39, 0.29) is 5.91 Å². The molecule has 1 amide bonds. The summed E-state index contributed by atoms with van der Waals surface area (Å²) in [5.41, 5.74) is 4.68. The van der Waals surface area contributed by atoms with Gasteiger partial charge in [-0.1, -0.05) is 12.1 Å². The second-order valence-electron chi connectivity index (χ2n) is 6.57. The molecule has 0 saturated carbocycles. The molecule has 0 fully saturated rings. The summed E-state index contributed by atoms with van der Waals surface area (Å²) in [6.45, 7) is 5.10. The van der Waals surface area contributed by atoms with Crippen LogP contribution in [-0.4, -0.2) is 37.4 Å². The molecule has 8 heteroatoms. The van der Waals surface area contributed by atoms with Gasteiger partial charge in [-0.25, -0.2) is 0 Å². The molecule has 2 heterocycles. The second kappa shape index (κ2) is 7.98. The van der Waals surface area contributed by atoms with Crippen molar-refractivity contribution >= 4 is 37.8 Å². The molecule has 6 nitrogen and oxygen atoms in total. The quantitative estimate of drug-likeness (QED) is 0.537. The van der Waals surface area contributed by atoms with Gasteiger partial charge in [0, 0.05) is 19.7 Å². The van der Waals surface area contributed by atoms with Gasteiger partial charge in [-0.05, 0) is 63.4 Å². The minimum Gasteiger partial charge on any atom is -0.336 e. The predicted molar refractivity (Wildman–Crippen MR) is 112 cm³/mol. The van der Waals surface area contributed by atoms with Gasteiger partial charge in [0.15, 0.2) is 0 Å². The smallest absolute Gasteiger partial charge is 0.253 e. The Balaban J connectivity index is 1.78. The van der Waals surface area contributed by atoms with Crippen molar-refractivity contribution in [2.24, 2.45) is 7.05 Å². The molecule has 0 spiro atoms. The highest BCUT2D eigenvalue weighted by atomic mass is 79.9. The van der Waals surface area contributed by atoms with E-state index in [4.69, 9.17) is 0 Å². The summed E-state index contributed by atoms with van der Waals surface area (Å²) in [6.07, 6.45) is 1.74. The van der Waals surface area contributed by atoms with E-state index in [1.54, 1.807) is 22.8 Å². The molecule has 0 aliphatic rings. The zero-order valence-electron chi connectivity index (χ0n) is 15.7. The van der Waals surface area contributed by atoms with Crippen molar-refractivity contribution in [1.29, 1.82) is 0 Å². The van der Waals surface area contributed by atoms with Crippen molar-refractivity contribution in [2.75, 3.05) is 7.05 Å². The lowest BCUT2D eigenvalue weighted by atomic mass is 10.1. The van der Waals surface area contributed by atoms with Crippen LogP contribution >= 0.6 is 31.9 Å². The Labute approximate surface area is 175 Å². The highest BCUT2D eigenvalue weighted by Gasteiger charge is 2.16. The molecule has 0 radical (unpaired) electrons. The van der Waals surface area contributed by atoms with Crippen LogP contribution in [0.3, 0.4) is 0 Å². The molecular weight excluding hydrogens is 474 g/mol. The first-order valence-corrected chi connectivity index (χ1v) is 10.1. The Kier molecular flexibility index (Phi) is 5.86. The van der Waals surface area contributed by atoms with E-state index in [1.165, 1.54) is 0 Å². The summed E-state index contributed by atoms with van der Waals surface area (Å²) in [6, 6.07) is 7.70. The summed E-state index contributed by atoms with van der Waals surface area (Å²) < 4.78 is 5.63. The van der Waals surface area contributed by atoms with Crippen LogP contribution in [0, 0.1) is 13.8 Å². The molecule has 1 aromatic carbocycles. The number of aromatic nitrogens is 4. The lowest BCUT2D eigenvalue weighted by Gasteiger charge is -2.18. The molecule has 0 atom stereocenters. The lowest BCUT2D eigenvalue weighted by Crippen LogP contribution is -2.27. The maximum atomic E-state index is 12.9. The number of nitrogens with zero attached hydrogens (tertiary/aromatic N) is 5. The zero-order chi connectivity index (χ0) is 19.7. The fraction of sp³-hybridized carbons (Fsp3) is 0.316. The van der Waals surface area contributed by atoms with Gasteiger partial charge in [-0.15, -0.1) is 0 Å². The van der Waals surface area contributed by atoms with Crippen LogP contribution in [0.1, 0.15) is 33.0 Å². The van der Waals surface area contributed by atoms with Crippen LogP contribution in [0.2, 0.25) is 0 Å².